The summed E-state index contributed by atoms with van der Waals surface area (Å²) in [6.07, 6.45) is -3.88. The van der Waals surface area contributed by atoms with Crippen LogP contribution in [0, 0.1) is 0 Å². The SMILES string of the molecule is CCn1c(Cn2ccc(C(F)(F)F)c(Oc3cc(N)cc(Cl)c3)c2=O)n[nH]c1=O. The summed E-state index contributed by atoms with van der Waals surface area (Å²) in [6, 6.07) is 4.57. The molecule has 0 aliphatic rings. The van der Waals surface area contributed by atoms with Crippen molar-refractivity contribution in [1.82, 2.24) is 19.3 Å². The zero-order valence-corrected chi connectivity index (χ0v) is 15.7. The first-order valence-electron chi connectivity index (χ1n) is 8.28. The molecule has 0 atom stereocenters. The molecule has 0 aliphatic carbocycles. The molecular formula is C17H15ClF3N5O3. The summed E-state index contributed by atoms with van der Waals surface area (Å²) < 4.78 is 47.8. The Bertz CT molecular complexity index is 1150. The van der Waals surface area contributed by atoms with Gasteiger partial charge in [-0.05, 0) is 25.1 Å². The van der Waals surface area contributed by atoms with Gasteiger partial charge in [0.1, 0.15) is 11.3 Å². The van der Waals surface area contributed by atoms with Crippen LogP contribution in [0.15, 0.2) is 40.1 Å². The Labute approximate surface area is 166 Å². The van der Waals surface area contributed by atoms with Gasteiger partial charge in [-0.1, -0.05) is 11.6 Å². The second kappa shape index (κ2) is 7.66. The Morgan fingerprint density at radius 2 is 2.00 bits per heavy atom. The molecule has 0 saturated carbocycles. The molecule has 0 fully saturated rings. The van der Waals surface area contributed by atoms with Gasteiger partial charge < -0.3 is 15.0 Å². The summed E-state index contributed by atoms with van der Waals surface area (Å²) in [6.45, 7) is 1.72. The van der Waals surface area contributed by atoms with Crippen LogP contribution in [-0.2, 0) is 19.3 Å². The summed E-state index contributed by atoms with van der Waals surface area (Å²) in [5.41, 5.74) is 2.97. The second-order valence-corrected chi connectivity index (χ2v) is 6.44. The number of alkyl halides is 3. The van der Waals surface area contributed by atoms with E-state index in [1.54, 1.807) is 6.92 Å². The summed E-state index contributed by atoms with van der Waals surface area (Å²) in [5, 5.41) is 6.17. The lowest BCUT2D eigenvalue weighted by Gasteiger charge is -2.16. The van der Waals surface area contributed by atoms with Crippen LogP contribution in [0.25, 0.3) is 0 Å². The molecule has 29 heavy (non-hydrogen) atoms. The van der Waals surface area contributed by atoms with Crippen LogP contribution in [0.3, 0.4) is 0 Å². The molecule has 12 heteroatoms. The highest BCUT2D eigenvalue weighted by molar-refractivity contribution is 6.31. The predicted molar refractivity (Wildman–Crippen MR) is 99.3 cm³/mol. The first-order chi connectivity index (χ1) is 13.6. The molecule has 0 saturated heterocycles. The number of ether oxygens (including phenoxy) is 1. The van der Waals surface area contributed by atoms with E-state index in [-0.39, 0.29) is 35.4 Å². The minimum absolute atomic E-state index is 0.124. The van der Waals surface area contributed by atoms with Crippen LogP contribution in [0.1, 0.15) is 18.3 Å². The molecule has 154 valence electrons. The van der Waals surface area contributed by atoms with E-state index in [1.165, 1.54) is 22.8 Å². The van der Waals surface area contributed by atoms with Crippen molar-refractivity contribution in [3.8, 4) is 11.5 Å². The van der Waals surface area contributed by atoms with Gasteiger partial charge in [0, 0.05) is 29.5 Å². The smallest absolute Gasteiger partial charge is 0.420 e. The normalized spacial score (nSPS) is 11.6. The number of nitrogens with one attached hydrogen (secondary N) is 1. The standard InChI is InChI=1S/C17H15ClF3N5O3/c1-2-26-13(23-24-16(26)28)8-25-4-3-12(17(19,20)21)14(15(25)27)29-11-6-9(18)5-10(22)7-11/h3-7H,2,8,22H2,1H3,(H,24,28). The Morgan fingerprint density at radius 3 is 2.62 bits per heavy atom. The maximum atomic E-state index is 13.4. The van der Waals surface area contributed by atoms with Gasteiger partial charge in [-0.15, -0.1) is 0 Å². The molecule has 0 radical (unpaired) electrons. The second-order valence-electron chi connectivity index (χ2n) is 6.00. The quantitative estimate of drug-likeness (QED) is 0.606. The van der Waals surface area contributed by atoms with E-state index in [9.17, 15) is 22.8 Å². The fourth-order valence-corrected chi connectivity index (χ4v) is 2.94. The van der Waals surface area contributed by atoms with E-state index in [0.717, 1.165) is 10.8 Å². The summed E-state index contributed by atoms with van der Waals surface area (Å²) in [4.78, 5) is 24.4. The van der Waals surface area contributed by atoms with Crippen LogP contribution < -0.4 is 21.7 Å². The maximum absolute atomic E-state index is 13.4. The molecule has 3 N–H and O–H groups in total. The molecule has 3 aromatic rings. The van der Waals surface area contributed by atoms with Gasteiger partial charge >= 0.3 is 11.9 Å². The molecular weight excluding hydrogens is 415 g/mol. The fourth-order valence-electron chi connectivity index (χ4n) is 2.71. The van der Waals surface area contributed by atoms with E-state index in [2.05, 4.69) is 10.2 Å². The van der Waals surface area contributed by atoms with Crippen molar-refractivity contribution in [2.75, 3.05) is 5.73 Å². The van der Waals surface area contributed by atoms with Gasteiger partial charge in [-0.3, -0.25) is 9.36 Å². The minimum Gasteiger partial charge on any atom is -0.451 e. The molecule has 2 heterocycles. The number of halogens is 4. The average molecular weight is 430 g/mol. The van der Waals surface area contributed by atoms with Crippen LogP contribution in [0.2, 0.25) is 5.02 Å². The van der Waals surface area contributed by atoms with Gasteiger partial charge in [0.15, 0.2) is 5.82 Å². The van der Waals surface area contributed by atoms with Gasteiger partial charge in [0.25, 0.3) is 5.56 Å². The van der Waals surface area contributed by atoms with Crippen molar-refractivity contribution in [1.29, 1.82) is 0 Å². The molecule has 0 bridgehead atoms. The van der Waals surface area contributed by atoms with E-state index >= 15 is 0 Å². The number of anilines is 1. The van der Waals surface area contributed by atoms with Crippen LogP contribution in [-0.4, -0.2) is 19.3 Å². The molecule has 8 nitrogen and oxygen atoms in total. The lowest BCUT2D eigenvalue weighted by molar-refractivity contribution is -0.138. The zero-order valence-electron chi connectivity index (χ0n) is 15.0. The third kappa shape index (κ3) is 4.29. The minimum atomic E-state index is -4.84. The largest absolute Gasteiger partial charge is 0.451 e. The van der Waals surface area contributed by atoms with Crippen molar-refractivity contribution in [2.45, 2.75) is 26.2 Å². The topological polar surface area (TPSA) is 108 Å². The maximum Gasteiger partial charge on any atom is 0.420 e. The molecule has 0 spiro atoms. The van der Waals surface area contributed by atoms with Crippen molar-refractivity contribution in [3.05, 3.63) is 67.7 Å². The summed E-state index contributed by atoms with van der Waals surface area (Å²) in [5.74, 6) is -0.888. The van der Waals surface area contributed by atoms with Crippen molar-refractivity contribution < 1.29 is 17.9 Å². The highest BCUT2D eigenvalue weighted by atomic mass is 35.5. The third-order valence-corrected chi connectivity index (χ3v) is 4.22. The third-order valence-electron chi connectivity index (χ3n) is 4.01. The van der Waals surface area contributed by atoms with E-state index in [0.29, 0.717) is 6.07 Å². The number of hydrogen-bond acceptors (Lipinski definition) is 5. The van der Waals surface area contributed by atoms with E-state index in [1.807, 2.05) is 0 Å². The summed E-state index contributed by atoms with van der Waals surface area (Å²) in [7, 11) is 0. The van der Waals surface area contributed by atoms with Crippen molar-refractivity contribution in [2.24, 2.45) is 0 Å². The number of nitrogen functional groups attached to an aromatic ring is 1. The van der Waals surface area contributed by atoms with Crippen molar-refractivity contribution >= 4 is 17.3 Å². The monoisotopic (exact) mass is 429 g/mol. The molecule has 3 rings (SSSR count). The van der Waals surface area contributed by atoms with Gasteiger partial charge in [-0.25, -0.2) is 9.89 Å². The number of nitrogens with zero attached hydrogens (tertiary/aromatic N) is 3. The molecule has 0 amide bonds. The van der Waals surface area contributed by atoms with Crippen LogP contribution in [0.5, 0.6) is 11.5 Å². The lowest BCUT2D eigenvalue weighted by atomic mass is 10.2. The number of nitrogens with two attached hydrogens (primary N) is 1. The number of pyridine rings is 1. The Hall–Kier alpha value is -3.21. The fraction of sp³-hybridized carbons (Fsp3) is 0.235. The number of benzene rings is 1. The van der Waals surface area contributed by atoms with Crippen LogP contribution >= 0.6 is 11.6 Å². The van der Waals surface area contributed by atoms with E-state index < -0.39 is 28.7 Å². The number of aromatic nitrogens is 4. The first-order valence-corrected chi connectivity index (χ1v) is 8.66. The highest BCUT2D eigenvalue weighted by Crippen LogP contribution is 2.36. The molecule has 1 aromatic carbocycles. The number of hydrogen-bond donors (Lipinski definition) is 2. The lowest BCUT2D eigenvalue weighted by Crippen LogP contribution is -2.27. The van der Waals surface area contributed by atoms with Gasteiger partial charge in [-0.2, -0.15) is 18.3 Å². The Balaban J connectivity index is 2.10. The summed E-state index contributed by atoms with van der Waals surface area (Å²) >= 11 is 5.85. The average Bonchev–Trinajstić information content (AvgIpc) is 2.96. The van der Waals surface area contributed by atoms with E-state index in [4.69, 9.17) is 22.1 Å². The number of rotatable bonds is 5. The highest BCUT2D eigenvalue weighted by Gasteiger charge is 2.36. The predicted octanol–water partition coefficient (Wildman–Crippen LogP) is 2.85. The van der Waals surface area contributed by atoms with Gasteiger partial charge in [0.05, 0.1) is 6.54 Å². The first kappa shape index (κ1) is 20.5. The van der Waals surface area contributed by atoms with Crippen molar-refractivity contribution in [3.63, 3.8) is 0 Å². The molecule has 0 unspecified atom stereocenters. The number of H-pyrrole nitrogens is 1. The van der Waals surface area contributed by atoms with Crippen LogP contribution in [0.4, 0.5) is 18.9 Å². The Kier molecular flexibility index (Phi) is 5.42. The Morgan fingerprint density at radius 1 is 1.28 bits per heavy atom. The molecule has 0 aliphatic heterocycles. The zero-order chi connectivity index (χ0) is 21.3. The molecule has 2 aromatic heterocycles. The van der Waals surface area contributed by atoms with Gasteiger partial charge in [0.2, 0.25) is 5.75 Å². The number of aromatic amines is 1.